The number of alkyl halides is 8. The molecule has 1 aliphatic rings. The van der Waals surface area contributed by atoms with Crippen molar-refractivity contribution in [3.63, 3.8) is 0 Å². The molecule has 1 aliphatic carbocycles. The lowest BCUT2D eigenvalue weighted by molar-refractivity contribution is -0.137. The van der Waals surface area contributed by atoms with E-state index in [2.05, 4.69) is 16.9 Å². The van der Waals surface area contributed by atoms with Crippen LogP contribution in [-0.2, 0) is 15.8 Å². The summed E-state index contributed by atoms with van der Waals surface area (Å²) in [4.78, 5) is 37.3. The minimum atomic E-state index is -4.79. The Kier molecular flexibility index (Phi) is 9.32. The molecule has 0 saturated heterocycles. The molecule has 234 valence electrons. The Bertz CT molecular complexity index is 1680. The van der Waals surface area contributed by atoms with E-state index in [-0.39, 0.29) is 21.8 Å². The molecule has 4 rings (SSSR count). The molecule has 0 aromatic heterocycles. The summed E-state index contributed by atoms with van der Waals surface area (Å²) in [6.45, 7) is 0. The average molecular weight is 726 g/mol. The quantitative estimate of drug-likeness (QED) is 0.168. The number of hydrogen-bond acceptors (Lipinski definition) is 3. The van der Waals surface area contributed by atoms with E-state index in [0.29, 0.717) is 6.07 Å². The molecular weight excluding hydrogens is 713 g/mol. The lowest BCUT2D eigenvalue weighted by atomic mass is 10.0. The van der Waals surface area contributed by atoms with E-state index in [1.54, 1.807) is 0 Å². The van der Waals surface area contributed by atoms with Crippen LogP contribution >= 0.6 is 58.0 Å². The Morgan fingerprint density at radius 1 is 0.818 bits per heavy atom. The molecule has 0 spiro atoms. The molecular formula is C26H13Cl5F7N3O3. The first-order valence-corrected chi connectivity index (χ1v) is 13.6. The van der Waals surface area contributed by atoms with Crippen LogP contribution in [-0.4, -0.2) is 27.4 Å². The summed E-state index contributed by atoms with van der Waals surface area (Å²) < 4.78 is 93.0. The number of amides is 3. The van der Waals surface area contributed by atoms with Crippen molar-refractivity contribution in [3.05, 3.63) is 86.9 Å². The van der Waals surface area contributed by atoms with Gasteiger partial charge in [-0.2, -0.15) is 22.0 Å². The smallest absolute Gasteiger partial charge is 0.326 e. The van der Waals surface area contributed by atoms with Gasteiger partial charge in [0.05, 0.1) is 32.8 Å². The Balaban J connectivity index is 1.53. The summed E-state index contributed by atoms with van der Waals surface area (Å²) in [5.41, 5.74) is -3.67. The van der Waals surface area contributed by atoms with Crippen LogP contribution in [0.15, 0.2) is 48.5 Å². The maximum atomic E-state index is 14.8. The van der Waals surface area contributed by atoms with Crippen LogP contribution in [0.2, 0.25) is 10.0 Å². The lowest BCUT2D eigenvalue weighted by Crippen LogP contribution is -2.30. The molecule has 0 heterocycles. The first-order valence-electron chi connectivity index (χ1n) is 11.8. The third kappa shape index (κ3) is 6.96. The predicted octanol–water partition coefficient (Wildman–Crippen LogP) is 8.84. The molecule has 3 aromatic rings. The number of carbonyl (C=O) groups excluding carboxylic acids is 3. The molecule has 3 N–H and O–H groups in total. The molecule has 0 aliphatic heterocycles. The fraction of sp³-hybridized carbons (Fsp3) is 0.192. The molecule has 3 aromatic carbocycles. The van der Waals surface area contributed by atoms with E-state index in [1.807, 2.05) is 5.32 Å². The van der Waals surface area contributed by atoms with E-state index in [0.717, 1.165) is 30.3 Å². The van der Waals surface area contributed by atoms with Crippen molar-refractivity contribution < 1.29 is 45.1 Å². The highest BCUT2D eigenvalue weighted by Crippen LogP contribution is 2.65. The van der Waals surface area contributed by atoms with Gasteiger partial charge in [0.2, 0.25) is 5.91 Å². The second-order valence-corrected chi connectivity index (χ2v) is 12.0. The molecule has 1 fully saturated rings. The summed E-state index contributed by atoms with van der Waals surface area (Å²) in [6, 6.07) is 7.72. The topological polar surface area (TPSA) is 87.3 Å². The normalized spacial score (nSPS) is 17.5. The third-order valence-corrected chi connectivity index (χ3v) is 8.08. The van der Waals surface area contributed by atoms with Crippen LogP contribution in [0.1, 0.15) is 27.4 Å². The zero-order valence-electron chi connectivity index (χ0n) is 21.0. The summed E-state index contributed by atoms with van der Waals surface area (Å²) in [5, 5.41) is 0.456. The van der Waals surface area contributed by atoms with Crippen LogP contribution in [0.4, 0.5) is 47.8 Å². The maximum Gasteiger partial charge on any atom is 0.417 e. The Morgan fingerprint density at radius 2 is 1.45 bits per heavy atom. The SMILES string of the molecule is O=C(Nc1ccc(F)c(NC(=O)C(F)(F)Cl)c1F)c1cc(NC(=O)[C@H]2[C@H](c3ccc(Cl)c(C(F)(F)F)c3)C2(Cl)Cl)ccc1Cl. The number of carbonyl (C=O) groups is 3. The summed E-state index contributed by atoms with van der Waals surface area (Å²) >= 11 is 28.7. The standard InChI is InChI=1S/C26H13Cl5F7N3O3/c27-13-4-2-10(39-22(43)18-17(24(18,29)30)9-1-3-14(28)12(7-9)26(36,37)38)8-11(13)21(42)40-16-6-5-15(32)20(19(16)33)41-23(44)25(31,34)35/h1-8,17-18H,(H,39,43)(H,40,42)(H,41,44)/t17-,18+/m0/s1. The first kappa shape index (κ1) is 33.9. The van der Waals surface area contributed by atoms with Crippen LogP contribution in [0.3, 0.4) is 0 Å². The Labute approximate surface area is 267 Å². The van der Waals surface area contributed by atoms with E-state index in [4.69, 9.17) is 46.4 Å². The van der Waals surface area contributed by atoms with Gasteiger partial charge in [0.25, 0.3) is 5.91 Å². The predicted molar refractivity (Wildman–Crippen MR) is 151 cm³/mol. The molecule has 3 amide bonds. The van der Waals surface area contributed by atoms with Crippen molar-refractivity contribution in [2.75, 3.05) is 16.0 Å². The largest absolute Gasteiger partial charge is 0.417 e. The summed E-state index contributed by atoms with van der Waals surface area (Å²) in [5.74, 6) is -9.58. The van der Waals surface area contributed by atoms with Crippen molar-refractivity contribution in [3.8, 4) is 0 Å². The fourth-order valence-corrected chi connectivity index (χ4v) is 5.46. The Hall–Kier alpha value is -2.97. The van der Waals surface area contributed by atoms with E-state index in [1.165, 1.54) is 17.4 Å². The highest BCUT2D eigenvalue weighted by molar-refractivity contribution is 6.53. The van der Waals surface area contributed by atoms with Crippen LogP contribution < -0.4 is 16.0 Å². The van der Waals surface area contributed by atoms with E-state index < -0.39 is 79.0 Å². The zero-order valence-corrected chi connectivity index (χ0v) is 24.8. The number of benzene rings is 3. The van der Waals surface area contributed by atoms with Gasteiger partial charge in [0, 0.05) is 11.6 Å². The minimum absolute atomic E-state index is 0.00491. The third-order valence-electron chi connectivity index (χ3n) is 6.30. The summed E-state index contributed by atoms with van der Waals surface area (Å²) in [6.07, 6.45) is -4.79. The van der Waals surface area contributed by atoms with Crippen molar-refractivity contribution in [2.45, 2.75) is 21.8 Å². The molecule has 0 unspecified atom stereocenters. The highest BCUT2D eigenvalue weighted by Gasteiger charge is 2.67. The van der Waals surface area contributed by atoms with Crippen LogP contribution in [0, 0.1) is 17.6 Å². The van der Waals surface area contributed by atoms with Gasteiger partial charge >= 0.3 is 17.5 Å². The van der Waals surface area contributed by atoms with Crippen molar-refractivity contribution in [1.29, 1.82) is 0 Å². The van der Waals surface area contributed by atoms with Gasteiger partial charge in [0.15, 0.2) is 5.82 Å². The second kappa shape index (κ2) is 12.1. The Morgan fingerprint density at radius 3 is 2.07 bits per heavy atom. The van der Waals surface area contributed by atoms with Gasteiger partial charge in [-0.3, -0.25) is 14.4 Å². The second-order valence-electron chi connectivity index (χ2n) is 9.24. The van der Waals surface area contributed by atoms with Crippen LogP contribution in [0.25, 0.3) is 0 Å². The van der Waals surface area contributed by atoms with Gasteiger partial charge in [-0.25, -0.2) is 8.78 Å². The molecule has 0 bridgehead atoms. The van der Waals surface area contributed by atoms with Gasteiger partial charge in [-0.05, 0) is 59.6 Å². The first-order chi connectivity index (χ1) is 20.2. The zero-order chi connectivity index (χ0) is 32.9. The van der Waals surface area contributed by atoms with Crippen molar-refractivity contribution in [2.24, 2.45) is 5.92 Å². The number of hydrogen-bond donors (Lipinski definition) is 3. The highest BCUT2D eigenvalue weighted by atomic mass is 35.5. The van der Waals surface area contributed by atoms with Crippen LogP contribution in [0.5, 0.6) is 0 Å². The number of rotatable bonds is 7. The van der Waals surface area contributed by atoms with Gasteiger partial charge in [-0.15, -0.1) is 23.2 Å². The van der Waals surface area contributed by atoms with E-state index >= 15 is 0 Å². The van der Waals surface area contributed by atoms with Gasteiger partial charge < -0.3 is 16.0 Å². The molecule has 44 heavy (non-hydrogen) atoms. The molecule has 2 atom stereocenters. The van der Waals surface area contributed by atoms with Gasteiger partial charge in [-0.1, -0.05) is 29.3 Å². The van der Waals surface area contributed by atoms with Crippen molar-refractivity contribution in [1.82, 2.24) is 0 Å². The fourth-order valence-electron chi connectivity index (χ4n) is 4.16. The van der Waals surface area contributed by atoms with Gasteiger partial charge in [0.1, 0.15) is 15.8 Å². The summed E-state index contributed by atoms with van der Waals surface area (Å²) in [7, 11) is 0. The maximum absolute atomic E-state index is 14.8. The number of anilines is 3. The minimum Gasteiger partial charge on any atom is -0.326 e. The molecule has 1 saturated carbocycles. The molecule has 0 radical (unpaired) electrons. The number of halogens is 12. The lowest BCUT2D eigenvalue weighted by Gasteiger charge is -2.14. The molecule has 6 nitrogen and oxygen atoms in total. The average Bonchev–Trinajstić information content (AvgIpc) is 3.49. The monoisotopic (exact) mass is 723 g/mol. The number of nitrogens with one attached hydrogen (secondary N) is 3. The van der Waals surface area contributed by atoms with Crippen molar-refractivity contribution >= 4 is 92.8 Å². The molecule has 18 heteroatoms. The van der Waals surface area contributed by atoms with E-state index in [9.17, 15) is 45.1 Å².